The molecule has 0 aliphatic carbocycles. The normalized spacial score (nSPS) is 18.1. The predicted molar refractivity (Wildman–Crippen MR) is 125 cm³/mol. The van der Waals surface area contributed by atoms with Crippen LogP contribution in [0.4, 0.5) is 0 Å². The van der Waals surface area contributed by atoms with Crippen LogP contribution in [0.1, 0.15) is 103 Å². The molecule has 164 valence electrons. The number of hydrogen-bond acceptors (Lipinski definition) is 2. The third-order valence-electron chi connectivity index (χ3n) is 5.83. The molecule has 1 rings (SSSR count). The van der Waals surface area contributed by atoms with E-state index < -0.39 is 0 Å². The molecular weight excluding hydrogens is 342 g/mol. The second-order valence-corrected chi connectivity index (χ2v) is 8.78. The van der Waals surface area contributed by atoms with Crippen molar-refractivity contribution in [3.05, 3.63) is 24.3 Å². The van der Waals surface area contributed by atoms with E-state index in [0.717, 1.165) is 25.6 Å². The number of hydrogen-bond donors (Lipinski definition) is 0. The summed E-state index contributed by atoms with van der Waals surface area (Å²) in [5.41, 5.74) is 0. The third kappa shape index (κ3) is 16.4. The summed E-state index contributed by atoms with van der Waals surface area (Å²) in [5, 5.41) is 0. The van der Waals surface area contributed by atoms with Gasteiger partial charge >= 0.3 is 0 Å². The number of unbranched alkanes of at least 4 members (excludes halogenated alkanes) is 11. The average Bonchev–Trinajstić information content (AvgIpc) is 3.11. The predicted octanol–water partition coefficient (Wildman–Crippen LogP) is 7.55. The van der Waals surface area contributed by atoms with Gasteiger partial charge in [-0.15, -0.1) is 0 Å². The minimum absolute atomic E-state index is 0.784. The molecule has 0 aromatic rings. The van der Waals surface area contributed by atoms with Crippen molar-refractivity contribution in [3.63, 3.8) is 0 Å². The Labute approximate surface area is 176 Å². The van der Waals surface area contributed by atoms with Gasteiger partial charge in [0.1, 0.15) is 0 Å². The van der Waals surface area contributed by atoms with E-state index in [1.807, 2.05) is 0 Å². The summed E-state index contributed by atoms with van der Waals surface area (Å²) in [4.78, 5) is 2.41. The Kier molecular flexibility index (Phi) is 17.9. The van der Waals surface area contributed by atoms with E-state index in [2.05, 4.69) is 43.2 Å². The standard InChI is InChI=1S/C26H49NO/c1-3-4-5-6-7-8-9-10-11-12-13-14-15-16-17-18-19-20-23-28-25-26-21-22-27(2)24-26/h7-8,10-11,26H,3-6,9,12-25H2,1-2H3/b8-7-,11-10-. The molecule has 0 saturated carbocycles. The second-order valence-electron chi connectivity index (χ2n) is 8.78. The first-order chi connectivity index (χ1) is 13.8. The van der Waals surface area contributed by atoms with Gasteiger partial charge in [0.25, 0.3) is 0 Å². The molecule has 0 aromatic carbocycles. The maximum Gasteiger partial charge on any atom is 0.0506 e. The van der Waals surface area contributed by atoms with Crippen molar-refractivity contribution in [2.24, 2.45) is 5.92 Å². The van der Waals surface area contributed by atoms with Gasteiger partial charge in [-0.1, -0.05) is 82.6 Å². The summed E-state index contributed by atoms with van der Waals surface area (Å²) in [6.45, 7) is 6.70. The highest BCUT2D eigenvalue weighted by Gasteiger charge is 2.18. The molecule has 2 nitrogen and oxygen atoms in total. The van der Waals surface area contributed by atoms with Crippen LogP contribution in [0, 0.1) is 5.92 Å². The smallest absolute Gasteiger partial charge is 0.0506 e. The quantitative estimate of drug-likeness (QED) is 0.166. The number of rotatable bonds is 19. The van der Waals surface area contributed by atoms with Crippen LogP contribution >= 0.6 is 0 Å². The van der Waals surface area contributed by atoms with Gasteiger partial charge in [-0.25, -0.2) is 0 Å². The van der Waals surface area contributed by atoms with E-state index in [9.17, 15) is 0 Å². The van der Waals surface area contributed by atoms with E-state index in [-0.39, 0.29) is 0 Å². The summed E-state index contributed by atoms with van der Waals surface area (Å²) < 4.78 is 5.86. The molecule has 1 unspecified atom stereocenters. The SMILES string of the molecule is CCCCC/C=C\C/C=C\CCCCCCCCCCOCC1CCN(C)C1. The maximum atomic E-state index is 5.86. The van der Waals surface area contributed by atoms with Crippen molar-refractivity contribution in [3.8, 4) is 0 Å². The Hall–Kier alpha value is -0.600. The zero-order chi connectivity index (χ0) is 20.1. The fraction of sp³-hybridized carbons (Fsp3) is 0.846. The molecular formula is C26H49NO. The van der Waals surface area contributed by atoms with E-state index in [1.165, 1.54) is 103 Å². The summed E-state index contributed by atoms with van der Waals surface area (Å²) in [7, 11) is 2.21. The lowest BCUT2D eigenvalue weighted by molar-refractivity contribution is 0.0986. The van der Waals surface area contributed by atoms with Crippen LogP contribution in [0.2, 0.25) is 0 Å². The lowest BCUT2D eigenvalue weighted by atomic mass is 10.1. The number of likely N-dealkylation sites (tertiary alicyclic amines) is 1. The molecule has 2 heteroatoms. The average molecular weight is 392 g/mol. The maximum absolute atomic E-state index is 5.86. The summed E-state index contributed by atoms with van der Waals surface area (Å²) in [5.74, 6) is 0.784. The van der Waals surface area contributed by atoms with Gasteiger partial charge < -0.3 is 9.64 Å². The van der Waals surface area contributed by atoms with Gasteiger partial charge in [-0.3, -0.25) is 0 Å². The highest BCUT2D eigenvalue weighted by Crippen LogP contribution is 2.15. The Bertz CT molecular complexity index is 377. The van der Waals surface area contributed by atoms with Crippen LogP contribution in [-0.2, 0) is 4.74 Å². The Morgan fingerprint density at radius 1 is 0.786 bits per heavy atom. The van der Waals surface area contributed by atoms with E-state index in [0.29, 0.717) is 0 Å². The van der Waals surface area contributed by atoms with Crippen molar-refractivity contribution in [2.75, 3.05) is 33.4 Å². The number of allylic oxidation sites excluding steroid dienone is 4. The molecule has 1 aliphatic heterocycles. The molecule has 0 aromatic heterocycles. The van der Waals surface area contributed by atoms with E-state index in [4.69, 9.17) is 4.74 Å². The summed E-state index contributed by atoms with van der Waals surface area (Å²) >= 11 is 0. The molecule has 28 heavy (non-hydrogen) atoms. The molecule has 0 radical (unpaired) electrons. The molecule has 0 amide bonds. The minimum atomic E-state index is 0.784. The van der Waals surface area contributed by atoms with Gasteiger partial charge in [0.2, 0.25) is 0 Å². The lowest BCUT2D eigenvalue weighted by Crippen LogP contribution is -2.17. The molecule has 0 bridgehead atoms. The molecule has 0 spiro atoms. The highest BCUT2D eigenvalue weighted by atomic mass is 16.5. The monoisotopic (exact) mass is 391 g/mol. The summed E-state index contributed by atoms with van der Waals surface area (Å²) in [6, 6.07) is 0. The number of nitrogens with zero attached hydrogens (tertiary/aromatic N) is 1. The fourth-order valence-corrected chi connectivity index (χ4v) is 3.96. The van der Waals surface area contributed by atoms with Gasteiger partial charge in [0.15, 0.2) is 0 Å². The summed E-state index contributed by atoms with van der Waals surface area (Å²) in [6.07, 6.45) is 29.4. The van der Waals surface area contributed by atoms with Crippen molar-refractivity contribution in [1.82, 2.24) is 4.90 Å². The third-order valence-corrected chi connectivity index (χ3v) is 5.83. The van der Waals surface area contributed by atoms with Crippen LogP contribution < -0.4 is 0 Å². The zero-order valence-electron chi connectivity index (χ0n) is 19.2. The van der Waals surface area contributed by atoms with Crippen LogP contribution in [0.15, 0.2) is 24.3 Å². The molecule has 1 saturated heterocycles. The molecule has 1 fully saturated rings. The fourth-order valence-electron chi connectivity index (χ4n) is 3.96. The van der Waals surface area contributed by atoms with Crippen molar-refractivity contribution >= 4 is 0 Å². The van der Waals surface area contributed by atoms with Gasteiger partial charge in [-0.05, 0) is 64.5 Å². The minimum Gasteiger partial charge on any atom is -0.381 e. The Morgan fingerprint density at radius 3 is 2.00 bits per heavy atom. The molecule has 1 atom stereocenters. The first-order valence-corrected chi connectivity index (χ1v) is 12.4. The van der Waals surface area contributed by atoms with Crippen molar-refractivity contribution in [1.29, 1.82) is 0 Å². The highest BCUT2D eigenvalue weighted by molar-refractivity contribution is 4.92. The number of ether oxygens (including phenoxy) is 1. The first kappa shape index (κ1) is 25.4. The van der Waals surface area contributed by atoms with Gasteiger partial charge in [-0.2, -0.15) is 0 Å². The van der Waals surface area contributed by atoms with Crippen molar-refractivity contribution < 1.29 is 4.74 Å². The van der Waals surface area contributed by atoms with Crippen molar-refractivity contribution in [2.45, 2.75) is 103 Å². The topological polar surface area (TPSA) is 12.5 Å². The van der Waals surface area contributed by atoms with Crippen LogP contribution in [0.5, 0.6) is 0 Å². The van der Waals surface area contributed by atoms with Gasteiger partial charge in [0, 0.05) is 13.2 Å². The van der Waals surface area contributed by atoms with E-state index >= 15 is 0 Å². The molecule has 1 aliphatic rings. The lowest BCUT2D eigenvalue weighted by Gasteiger charge is -2.10. The van der Waals surface area contributed by atoms with Crippen LogP contribution in [0.3, 0.4) is 0 Å². The first-order valence-electron chi connectivity index (χ1n) is 12.4. The van der Waals surface area contributed by atoms with E-state index in [1.54, 1.807) is 0 Å². The Morgan fingerprint density at radius 2 is 1.39 bits per heavy atom. The van der Waals surface area contributed by atoms with Crippen LogP contribution in [0.25, 0.3) is 0 Å². The van der Waals surface area contributed by atoms with Crippen LogP contribution in [-0.4, -0.2) is 38.3 Å². The largest absolute Gasteiger partial charge is 0.381 e. The Balaban J connectivity index is 1.71. The molecule has 1 heterocycles. The second kappa shape index (κ2) is 19.7. The molecule has 0 N–H and O–H groups in total. The van der Waals surface area contributed by atoms with Gasteiger partial charge in [0.05, 0.1) is 6.61 Å². The zero-order valence-corrected chi connectivity index (χ0v) is 19.2.